The van der Waals surface area contributed by atoms with Crippen molar-refractivity contribution in [1.29, 1.82) is 0 Å². The van der Waals surface area contributed by atoms with E-state index in [0.717, 1.165) is 5.69 Å². The highest BCUT2D eigenvalue weighted by atomic mass is 16.5. The van der Waals surface area contributed by atoms with Crippen LogP contribution in [0.25, 0.3) is 0 Å². The van der Waals surface area contributed by atoms with Crippen molar-refractivity contribution in [1.82, 2.24) is 4.90 Å². The van der Waals surface area contributed by atoms with E-state index in [9.17, 15) is 9.59 Å². The fourth-order valence-corrected chi connectivity index (χ4v) is 1.79. The van der Waals surface area contributed by atoms with Crippen LogP contribution in [-0.2, 0) is 9.53 Å². The number of amides is 1. The lowest BCUT2D eigenvalue weighted by Crippen LogP contribution is -2.36. The Morgan fingerprint density at radius 2 is 1.90 bits per heavy atom. The summed E-state index contributed by atoms with van der Waals surface area (Å²) >= 11 is 0. The Kier molecular flexibility index (Phi) is 6.03. The summed E-state index contributed by atoms with van der Waals surface area (Å²) in [6.45, 7) is 4.35. The molecule has 0 unspecified atom stereocenters. The monoisotopic (exact) mass is 278 g/mol. The maximum Gasteiger partial charge on any atom is 0.325 e. The number of benzene rings is 1. The minimum atomic E-state index is -0.383. The van der Waals surface area contributed by atoms with Crippen LogP contribution in [0.2, 0.25) is 0 Å². The standard InChI is InChI=1S/C15H22N2O3/c1-5-17(11-14(18)20-6-2)15(19)12-8-7-9-13(10-12)16(3)4/h7-10H,5-6,11H2,1-4H3. The van der Waals surface area contributed by atoms with Gasteiger partial charge >= 0.3 is 5.97 Å². The van der Waals surface area contributed by atoms with Crippen molar-refractivity contribution in [2.24, 2.45) is 0 Å². The molecule has 0 aliphatic heterocycles. The number of carbonyl (C=O) groups excluding carboxylic acids is 2. The number of carbonyl (C=O) groups is 2. The second kappa shape index (κ2) is 7.53. The number of ether oxygens (including phenoxy) is 1. The average Bonchev–Trinajstić information content (AvgIpc) is 2.44. The third-order valence-corrected chi connectivity index (χ3v) is 2.90. The Bertz CT molecular complexity index is 472. The van der Waals surface area contributed by atoms with Gasteiger partial charge in [-0.1, -0.05) is 6.07 Å². The topological polar surface area (TPSA) is 49.9 Å². The first-order valence-corrected chi connectivity index (χ1v) is 6.71. The second-order valence-electron chi connectivity index (χ2n) is 4.57. The number of likely N-dealkylation sites (N-methyl/N-ethyl adjacent to an activating group) is 1. The van der Waals surface area contributed by atoms with Crippen molar-refractivity contribution < 1.29 is 14.3 Å². The van der Waals surface area contributed by atoms with Gasteiger partial charge in [-0.3, -0.25) is 9.59 Å². The molecule has 0 saturated heterocycles. The van der Waals surface area contributed by atoms with Crippen LogP contribution in [-0.4, -0.2) is 50.6 Å². The lowest BCUT2D eigenvalue weighted by atomic mass is 10.1. The quantitative estimate of drug-likeness (QED) is 0.744. The van der Waals surface area contributed by atoms with Gasteiger partial charge in [-0.15, -0.1) is 0 Å². The van der Waals surface area contributed by atoms with Crippen LogP contribution in [0, 0.1) is 0 Å². The summed E-state index contributed by atoms with van der Waals surface area (Å²) in [5.41, 5.74) is 1.52. The van der Waals surface area contributed by atoms with Crippen molar-refractivity contribution in [2.75, 3.05) is 38.7 Å². The van der Waals surface area contributed by atoms with Gasteiger partial charge in [0.2, 0.25) is 0 Å². The Labute approximate surface area is 120 Å². The molecule has 0 spiro atoms. The molecule has 0 atom stereocenters. The normalized spacial score (nSPS) is 10.0. The van der Waals surface area contributed by atoms with Crippen molar-refractivity contribution >= 4 is 17.6 Å². The Morgan fingerprint density at radius 3 is 2.45 bits per heavy atom. The number of hydrogen-bond acceptors (Lipinski definition) is 4. The highest BCUT2D eigenvalue weighted by Gasteiger charge is 2.18. The Hall–Kier alpha value is -2.04. The van der Waals surface area contributed by atoms with Crippen molar-refractivity contribution in [3.05, 3.63) is 29.8 Å². The maximum absolute atomic E-state index is 12.4. The van der Waals surface area contributed by atoms with Crippen LogP contribution in [0.5, 0.6) is 0 Å². The highest BCUT2D eigenvalue weighted by molar-refractivity contribution is 5.96. The molecule has 0 aromatic heterocycles. The summed E-state index contributed by atoms with van der Waals surface area (Å²) in [6, 6.07) is 7.33. The zero-order valence-electron chi connectivity index (χ0n) is 12.5. The highest BCUT2D eigenvalue weighted by Crippen LogP contribution is 2.15. The minimum Gasteiger partial charge on any atom is -0.465 e. The zero-order valence-corrected chi connectivity index (χ0v) is 12.5. The van der Waals surface area contributed by atoms with Gasteiger partial charge < -0.3 is 14.5 Å². The molecule has 1 rings (SSSR count). The number of nitrogens with zero attached hydrogens (tertiary/aromatic N) is 2. The van der Waals surface area contributed by atoms with Crippen LogP contribution < -0.4 is 4.90 Å². The van der Waals surface area contributed by atoms with E-state index in [4.69, 9.17) is 4.74 Å². The van der Waals surface area contributed by atoms with Crippen molar-refractivity contribution in [3.8, 4) is 0 Å². The van der Waals surface area contributed by atoms with Crippen LogP contribution in [0.4, 0.5) is 5.69 Å². The molecular weight excluding hydrogens is 256 g/mol. The van der Waals surface area contributed by atoms with Gasteiger partial charge in [0.25, 0.3) is 5.91 Å². The molecule has 1 aromatic rings. The third kappa shape index (κ3) is 4.26. The van der Waals surface area contributed by atoms with Crippen LogP contribution in [0.1, 0.15) is 24.2 Å². The van der Waals surface area contributed by atoms with E-state index in [1.807, 2.05) is 44.1 Å². The maximum atomic E-state index is 12.4. The first kappa shape index (κ1) is 16.0. The van der Waals surface area contributed by atoms with Crippen molar-refractivity contribution in [2.45, 2.75) is 13.8 Å². The second-order valence-corrected chi connectivity index (χ2v) is 4.57. The molecule has 0 bridgehead atoms. The van der Waals surface area contributed by atoms with E-state index in [-0.39, 0.29) is 18.4 Å². The molecule has 0 aliphatic carbocycles. The van der Waals surface area contributed by atoms with Crippen LogP contribution in [0.3, 0.4) is 0 Å². The van der Waals surface area contributed by atoms with E-state index < -0.39 is 0 Å². The summed E-state index contributed by atoms with van der Waals surface area (Å²) in [7, 11) is 3.83. The van der Waals surface area contributed by atoms with Gasteiger partial charge in [0.1, 0.15) is 6.54 Å². The van der Waals surface area contributed by atoms with Gasteiger partial charge in [0, 0.05) is 31.9 Å². The van der Waals surface area contributed by atoms with E-state index in [1.54, 1.807) is 13.0 Å². The fourth-order valence-electron chi connectivity index (χ4n) is 1.79. The van der Waals surface area contributed by atoms with Crippen molar-refractivity contribution in [3.63, 3.8) is 0 Å². The zero-order chi connectivity index (χ0) is 15.1. The summed E-state index contributed by atoms with van der Waals surface area (Å²) in [5.74, 6) is -0.546. The molecule has 1 amide bonds. The minimum absolute atomic E-state index is 0.0185. The van der Waals surface area contributed by atoms with Gasteiger partial charge in [-0.2, -0.15) is 0 Å². The van der Waals surface area contributed by atoms with E-state index in [0.29, 0.717) is 18.7 Å². The van der Waals surface area contributed by atoms with E-state index >= 15 is 0 Å². The molecule has 0 aliphatic rings. The molecule has 0 fully saturated rings. The lowest BCUT2D eigenvalue weighted by Gasteiger charge is -2.21. The smallest absolute Gasteiger partial charge is 0.325 e. The average molecular weight is 278 g/mol. The summed E-state index contributed by atoms with van der Waals surface area (Å²) in [6.07, 6.45) is 0. The molecule has 0 radical (unpaired) electrons. The fraction of sp³-hybridized carbons (Fsp3) is 0.467. The SMILES string of the molecule is CCOC(=O)CN(CC)C(=O)c1cccc(N(C)C)c1. The molecule has 20 heavy (non-hydrogen) atoms. The first-order valence-electron chi connectivity index (χ1n) is 6.71. The summed E-state index contributed by atoms with van der Waals surface area (Å²) < 4.78 is 4.88. The molecular formula is C15H22N2O3. The molecule has 5 nitrogen and oxygen atoms in total. The summed E-state index contributed by atoms with van der Waals surface area (Å²) in [4.78, 5) is 27.3. The molecule has 5 heteroatoms. The van der Waals surface area contributed by atoms with Gasteiger partial charge in [-0.05, 0) is 32.0 Å². The predicted molar refractivity (Wildman–Crippen MR) is 79.0 cm³/mol. The van der Waals surface area contributed by atoms with E-state index in [1.165, 1.54) is 4.90 Å². The number of anilines is 1. The lowest BCUT2D eigenvalue weighted by molar-refractivity contribution is -0.143. The number of esters is 1. The largest absolute Gasteiger partial charge is 0.465 e. The molecule has 0 N–H and O–H groups in total. The molecule has 0 heterocycles. The third-order valence-electron chi connectivity index (χ3n) is 2.90. The Balaban J connectivity index is 2.85. The van der Waals surface area contributed by atoms with Crippen LogP contribution >= 0.6 is 0 Å². The summed E-state index contributed by atoms with van der Waals surface area (Å²) in [5, 5.41) is 0. The number of hydrogen-bond donors (Lipinski definition) is 0. The van der Waals surface area contributed by atoms with Gasteiger partial charge in [0.15, 0.2) is 0 Å². The first-order chi connectivity index (χ1) is 9.49. The Morgan fingerprint density at radius 1 is 1.20 bits per heavy atom. The molecule has 0 saturated carbocycles. The van der Waals surface area contributed by atoms with E-state index in [2.05, 4.69) is 0 Å². The molecule has 1 aromatic carbocycles. The predicted octanol–water partition coefficient (Wildman–Crippen LogP) is 1.78. The van der Waals surface area contributed by atoms with Crippen LogP contribution in [0.15, 0.2) is 24.3 Å². The number of rotatable bonds is 6. The van der Waals surface area contributed by atoms with Gasteiger partial charge in [-0.25, -0.2) is 0 Å². The van der Waals surface area contributed by atoms with Gasteiger partial charge in [0.05, 0.1) is 6.61 Å². The molecule has 110 valence electrons.